The van der Waals surface area contributed by atoms with Crippen molar-refractivity contribution in [3.05, 3.63) is 57.4 Å². The number of nitrogens with one attached hydrogen (secondary N) is 1. The van der Waals surface area contributed by atoms with Crippen molar-refractivity contribution in [2.75, 3.05) is 5.32 Å². The van der Waals surface area contributed by atoms with Crippen LogP contribution in [0.3, 0.4) is 0 Å². The van der Waals surface area contributed by atoms with E-state index in [0.29, 0.717) is 15.7 Å². The second-order valence-electron chi connectivity index (χ2n) is 4.69. The van der Waals surface area contributed by atoms with E-state index in [1.165, 1.54) is 11.3 Å². The molecule has 6 nitrogen and oxygen atoms in total. The fraction of sp³-hybridized carbons (Fsp3) is 0.0667. The Labute approximate surface area is 150 Å². The Morgan fingerprint density at radius 3 is 2.83 bits per heavy atom. The molecule has 3 rings (SSSR count). The van der Waals surface area contributed by atoms with Crippen LogP contribution in [-0.4, -0.2) is 26.9 Å². The molecule has 1 aromatic heterocycles. The molecule has 0 aliphatic carbocycles. The van der Waals surface area contributed by atoms with Gasteiger partial charge in [-0.1, -0.05) is 29.8 Å². The van der Waals surface area contributed by atoms with Crippen LogP contribution in [0.5, 0.6) is 0 Å². The van der Waals surface area contributed by atoms with Crippen LogP contribution in [0.1, 0.15) is 5.56 Å². The third-order valence-electron chi connectivity index (χ3n) is 3.08. The van der Waals surface area contributed by atoms with Crippen molar-refractivity contribution in [1.82, 2.24) is 9.88 Å². The van der Waals surface area contributed by atoms with Crippen LogP contribution in [0, 0.1) is 0 Å². The Bertz CT molecular complexity index is 836. The van der Waals surface area contributed by atoms with E-state index >= 15 is 0 Å². The molecule has 122 valence electrons. The SMILES string of the molecule is O=C(/C=C1\SC(=O)N(Cc2ccccc2Cl)C1=O)Nc1nccs1. The van der Waals surface area contributed by atoms with E-state index in [1.54, 1.807) is 35.8 Å². The van der Waals surface area contributed by atoms with Crippen molar-refractivity contribution >= 4 is 56.9 Å². The van der Waals surface area contributed by atoms with Crippen molar-refractivity contribution in [3.8, 4) is 0 Å². The molecule has 1 aliphatic heterocycles. The Morgan fingerprint density at radius 2 is 2.12 bits per heavy atom. The average Bonchev–Trinajstić information content (AvgIpc) is 3.13. The van der Waals surface area contributed by atoms with E-state index in [1.807, 2.05) is 0 Å². The summed E-state index contributed by atoms with van der Waals surface area (Å²) in [6.07, 6.45) is 2.66. The summed E-state index contributed by atoms with van der Waals surface area (Å²) in [5.74, 6) is -1.02. The molecule has 0 atom stereocenters. The highest BCUT2D eigenvalue weighted by Crippen LogP contribution is 2.32. The number of nitrogens with zero attached hydrogens (tertiary/aromatic N) is 2. The van der Waals surface area contributed by atoms with Gasteiger partial charge in [0.15, 0.2) is 5.13 Å². The lowest BCUT2D eigenvalue weighted by atomic mass is 10.2. The Balaban J connectivity index is 1.73. The van der Waals surface area contributed by atoms with E-state index in [9.17, 15) is 14.4 Å². The second kappa shape index (κ2) is 7.16. The summed E-state index contributed by atoms with van der Waals surface area (Å²) < 4.78 is 0. The number of carbonyl (C=O) groups excluding carboxylic acids is 3. The largest absolute Gasteiger partial charge is 0.298 e. The third-order valence-corrected chi connectivity index (χ3v) is 5.05. The van der Waals surface area contributed by atoms with Crippen LogP contribution in [0.2, 0.25) is 5.02 Å². The standard InChI is InChI=1S/C15H10ClN3O3S2/c16-10-4-2-1-3-9(10)8-19-13(21)11(24-15(19)22)7-12(20)18-14-17-5-6-23-14/h1-7H,8H2,(H,17,18,20)/b11-7-. The first kappa shape index (κ1) is 16.7. The smallest absolute Gasteiger partial charge is 0.293 e. The molecule has 24 heavy (non-hydrogen) atoms. The summed E-state index contributed by atoms with van der Waals surface area (Å²) in [4.78, 5) is 41.4. The number of hydrogen-bond acceptors (Lipinski definition) is 6. The van der Waals surface area contributed by atoms with Gasteiger partial charge in [-0.05, 0) is 23.4 Å². The van der Waals surface area contributed by atoms with Gasteiger partial charge in [0.2, 0.25) is 0 Å². The van der Waals surface area contributed by atoms with Crippen LogP contribution in [0.15, 0.2) is 46.8 Å². The number of benzene rings is 1. The second-order valence-corrected chi connectivity index (χ2v) is 6.98. The topological polar surface area (TPSA) is 79.4 Å². The molecule has 1 N–H and O–H groups in total. The first-order valence-corrected chi connectivity index (χ1v) is 8.81. The van der Waals surface area contributed by atoms with E-state index in [-0.39, 0.29) is 11.4 Å². The lowest BCUT2D eigenvalue weighted by Crippen LogP contribution is -2.27. The normalized spacial score (nSPS) is 16.0. The van der Waals surface area contributed by atoms with Gasteiger partial charge in [-0.2, -0.15) is 0 Å². The molecule has 2 heterocycles. The lowest BCUT2D eigenvalue weighted by molar-refractivity contribution is -0.123. The molecule has 2 aromatic rings. The molecular weight excluding hydrogens is 370 g/mol. The van der Waals surface area contributed by atoms with Crippen LogP contribution in [-0.2, 0) is 16.1 Å². The van der Waals surface area contributed by atoms with Crippen molar-refractivity contribution in [1.29, 1.82) is 0 Å². The van der Waals surface area contributed by atoms with Gasteiger partial charge in [0.05, 0.1) is 11.4 Å². The Kier molecular flexibility index (Phi) is 4.98. The zero-order valence-corrected chi connectivity index (χ0v) is 14.5. The lowest BCUT2D eigenvalue weighted by Gasteiger charge is -2.13. The highest BCUT2D eigenvalue weighted by molar-refractivity contribution is 8.18. The zero-order valence-electron chi connectivity index (χ0n) is 12.1. The summed E-state index contributed by atoms with van der Waals surface area (Å²) >= 11 is 8.04. The van der Waals surface area contributed by atoms with Gasteiger partial charge in [0.25, 0.3) is 17.1 Å². The molecule has 3 amide bonds. The molecule has 1 aromatic carbocycles. The predicted octanol–water partition coefficient (Wildman–Crippen LogP) is 3.51. The third kappa shape index (κ3) is 3.66. The highest BCUT2D eigenvalue weighted by atomic mass is 35.5. The van der Waals surface area contributed by atoms with E-state index in [2.05, 4.69) is 10.3 Å². The number of aromatic nitrogens is 1. The molecule has 1 saturated heterocycles. The number of hydrogen-bond donors (Lipinski definition) is 1. The number of amides is 3. The Morgan fingerprint density at radius 1 is 1.33 bits per heavy atom. The zero-order chi connectivity index (χ0) is 17.1. The van der Waals surface area contributed by atoms with Crippen LogP contribution >= 0.6 is 34.7 Å². The van der Waals surface area contributed by atoms with Gasteiger partial charge in [-0.25, -0.2) is 4.98 Å². The van der Waals surface area contributed by atoms with Gasteiger partial charge in [-0.15, -0.1) is 11.3 Å². The number of thiazole rings is 1. The summed E-state index contributed by atoms with van der Waals surface area (Å²) in [5, 5.41) is 4.71. The molecule has 0 unspecified atom stereocenters. The fourth-order valence-electron chi connectivity index (χ4n) is 1.98. The first-order chi connectivity index (χ1) is 11.5. The van der Waals surface area contributed by atoms with E-state index in [4.69, 9.17) is 11.6 Å². The number of anilines is 1. The van der Waals surface area contributed by atoms with Gasteiger partial charge in [0.1, 0.15) is 0 Å². The van der Waals surface area contributed by atoms with Gasteiger partial charge < -0.3 is 0 Å². The molecular formula is C15H10ClN3O3S2. The maximum Gasteiger partial charge on any atom is 0.293 e. The quantitative estimate of drug-likeness (QED) is 0.822. The molecule has 1 aliphatic rings. The van der Waals surface area contributed by atoms with Crippen molar-refractivity contribution < 1.29 is 14.4 Å². The predicted molar refractivity (Wildman–Crippen MR) is 93.8 cm³/mol. The minimum atomic E-state index is -0.515. The highest BCUT2D eigenvalue weighted by Gasteiger charge is 2.35. The van der Waals surface area contributed by atoms with E-state index < -0.39 is 17.1 Å². The minimum Gasteiger partial charge on any atom is -0.298 e. The van der Waals surface area contributed by atoms with Crippen LogP contribution in [0.25, 0.3) is 0 Å². The first-order valence-electron chi connectivity index (χ1n) is 6.74. The molecule has 1 fully saturated rings. The van der Waals surface area contributed by atoms with Gasteiger partial charge in [-0.3, -0.25) is 24.6 Å². The van der Waals surface area contributed by atoms with Crippen LogP contribution in [0.4, 0.5) is 9.93 Å². The maximum atomic E-state index is 12.3. The molecule has 0 radical (unpaired) electrons. The van der Waals surface area contributed by atoms with Gasteiger partial charge in [0, 0.05) is 22.7 Å². The van der Waals surface area contributed by atoms with Gasteiger partial charge >= 0.3 is 0 Å². The van der Waals surface area contributed by atoms with Crippen LogP contribution < -0.4 is 5.32 Å². The maximum absolute atomic E-state index is 12.3. The number of halogens is 1. The number of thioether (sulfide) groups is 1. The monoisotopic (exact) mass is 379 g/mol. The van der Waals surface area contributed by atoms with Crippen molar-refractivity contribution in [3.63, 3.8) is 0 Å². The van der Waals surface area contributed by atoms with Crippen molar-refractivity contribution in [2.24, 2.45) is 0 Å². The minimum absolute atomic E-state index is 0.0653. The number of imide groups is 1. The molecule has 9 heteroatoms. The molecule has 0 saturated carbocycles. The summed E-state index contributed by atoms with van der Waals surface area (Å²) in [6.45, 7) is 0.0653. The Hall–Kier alpha value is -2.16. The fourth-order valence-corrected chi connectivity index (χ4v) is 3.52. The summed E-state index contributed by atoms with van der Waals surface area (Å²) in [5.41, 5.74) is 0.662. The summed E-state index contributed by atoms with van der Waals surface area (Å²) in [6, 6.07) is 6.97. The molecule has 0 bridgehead atoms. The number of carbonyl (C=O) groups is 3. The number of rotatable bonds is 4. The van der Waals surface area contributed by atoms with Crippen molar-refractivity contribution in [2.45, 2.75) is 6.54 Å². The van der Waals surface area contributed by atoms with E-state index in [0.717, 1.165) is 22.7 Å². The average molecular weight is 380 g/mol. The summed E-state index contributed by atoms with van der Waals surface area (Å²) in [7, 11) is 0. The molecule has 0 spiro atoms.